The monoisotopic (exact) mass is 326 g/mol. The number of hydrogen-bond donors (Lipinski definition) is 2. The summed E-state index contributed by atoms with van der Waals surface area (Å²) in [5.74, 6) is -1.79. The molecule has 6 nitrogen and oxygen atoms in total. The van der Waals surface area contributed by atoms with E-state index >= 15 is 0 Å². The molecule has 1 aromatic carbocycles. The molecule has 1 aliphatic heterocycles. The molecule has 0 saturated heterocycles. The highest BCUT2D eigenvalue weighted by molar-refractivity contribution is 6.07. The van der Waals surface area contributed by atoms with E-state index in [-0.39, 0.29) is 11.5 Å². The van der Waals surface area contributed by atoms with Gasteiger partial charge in [0.1, 0.15) is 0 Å². The highest BCUT2D eigenvalue weighted by Gasteiger charge is 2.32. The van der Waals surface area contributed by atoms with Crippen molar-refractivity contribution >= 4 is 17.6 Å². The van der Waals surface area contributed by atoms with Gasteiger partial charge in [-0.2, -0.15) is 0 Å². The van der Waals surface area contributed by atoms with E-state index in [9.17, 15) is 19.5 Å². The molecule has 2 heterocycles. The predicted molar refractivity (Wildman–Crippen MR) is 89.6 cm³/mol. The van der Waals surface area contributed by atoms with Crippen molar-refractivity contribution in [3.63, 3.8) is 0 Å². The van der Waals surface area contributed by atoms with Crippen LogP contribution in [0.5, 0.6) is 0 Å². The van der Waals surface area contributed by atoms with Gasteiger partial charge in [0.25, 0.3) is 5.91 Å². The van der Waals surface area contributed by atoms with Crippen LogP contribution in [0.3, 0.4) is 0 Å². The summed E-state index contributed by atoms with van der Waals surface area (Å²) in [6.45, 7) is 2.20. The van der Waals surface area contributed by atoms with Gasteiger partial charge in [0.2, 0.25) is 5.56 Å². The first kappa shape index (κ1) is 16.0. The zero-order valence-electron chi connectivity index (χ0n) is 13.3. The highest BCUT2D eigenvalue weighted by Crippen LogP contribution is 2.36. The van der Waals surface area contributed by atoms with Crippen molar-refractivity contribution in [2.24, 2.45) is 0 Å². The lowest BCUT2D eigenvalue weighted by Gasteiger charge is -2.32. The van der Waals surface area contributed by atoms with Crippen molar-refractivity contribution in [3.8, 4) is 0 Å². The first-order valence-electron chi connectivity index (χ1n) is 7.88. The molecule has 124 valence electrons. The zero-order valence-corrected chi connectivity index (χ0v) is 13.3. The van der Waals surface area contributed by atoms with E-state index in [0.717, 1.165) is 0 Å². The Balaban J connectivity index is 2.02. The number of aryl methyl sites for hydroxylation is 1. The fourth-order valence-corrected chi connectivity index (χ4v) is 3.10. The molecule has 1 aromatic heterocycles. The fourth-order valence-electron chi connectivity index (χ4n) is 3.10. The molecule has 0 fully saturated rings. The summed E-state index contributed by atoms with van der Waals surface area (Å²) in [6.07, 6.45) is 0.968. The van der Waals surface area contributed by atoms with Crippen molar-refractivity contribution in [2.45, 2.75) is 25.7 Å². The van der Waals surface area contributed by atoms with E-state index in [2.05, 4.69) is 4.98 Å². The number of para-hydroxylation sites is 1. The lowest BCUT2D eigenvalue weighted by Crippen LogP contribution is -2.38. The Morgan fingerprint density at radius 3 is 2.75 bits per heavy atom. The molecule has 0 aliphatic carbocycles. The van der Waals surface area contributed by atoms with Crippen LogP contribution < -0.4 is 10.5 Å². The number of carbonyl (C=O) groups is 2. The normalized spacial score (nSPS) is 16.5. The van der Waals surface area contributed by atoms with Gasteiger partial charge in [0.05, 0.1) is 5.92 Å². The summed E-state index contributed by atoms with van der Waals surface area (Å²) in [7, 11) is 0. The topological polar surface area (TPSA) is 90.5 Å². The molecule has 0 spiro atoms. The second-order valence-electron chi connectivity index (χ2n) is 5.81. The maximum Gasteiger partial charge on any atom is 0.311 e. The van der Waals surface area contributed by atoms with Gasteiger partial charge in [0.15, 0.2) is 0 Å². The van der Waals surface area contributed by atoms with Crippen LogP contribution in [0, 0.1) is 0 Å². The van der Waals surface area contributed by atoms with Crippen LogP contribution in [0.1, 0.15) is 40.9 Å². The minimum Gasteiger partial charge on any atom is -0.481 e. The number of carboxylic acid groups (broad SMARTS) is 1. The smallest absolute Gasteiger partial charge is 0.311 e. The molecule has 6 heteroatoms. The minimum atomic E-state index is -0.890. The fraction of sp³-hybridized carbons (Fsp3) is 0.278. The maximum atomic E-state index is 12.9. The molecule has 3 rings (SSSR count). The van der Waals surface area contributed by atoms with Gasteiger partial charge >= 0.3 is 5.97 Å². The number of rotatable bonds is 3. The van der Waals surface area contributed by atoms with E-state index < -0.39 is 11.9 Å². The summed E-state index contributed by atoms with van der Waals surface area (Å²) < 4.78 is 0. The maximum absolute atomic E-state index is 12.9. The van der Waals surface area contributed by atoms with Crippen molar-refractivity contribution in [1.82, 2.24) is 4.98 Å². The Morgan fingerprint density at radius 1 is 1.29 bits per heavy atom. The van der Waals surface area contributed by atoms with Gasteiger partial charge in [-0.15, -0.1) is 0 Å². The third-order valence-electron chi connectivity index (χ3n) is 4.32. The quantitative estimate of drug-likeness (QED) is 0.904. The van der Waals surface area contributed by atoms with Gasteiger partial charge in [-0.05, 0) is 30.5 Å². The van der Waals surface area contributed by atoms with E-state index in [1.807, 2.05) is 6.92 Å². The van der Waals surface area contributed by atoms with Crippen molar-refractivity contribution in [1.29, 1.82) is 0 Å². The number of carbonyl (C=O) groups excluding carboxylic acids is 1. The van der Waals surface area contributed by atoms with Crippen LogP contribution in [0.25, 0.3) is 0 Å². The lowest BCUT2D eigenvalue weighted by atomic mass is 9.89. The van der Waals surface area contributed by atoms with E-state index in [1.54, 1.807) is 35.2 Å². The number of anilines is 1. The molecule has 1 atom stereocenters. The number of nitrogens with one attached hydrogen (secondary N) is 1. The van der Waals surface area contributed by atoms with Crippen molar-refractivity contribution < 1.29 is 14.7 Å². The molecule has 0 radical (unpaired) electrons. The second-order valence-corrected chi connectivity index (χ2v) is 5.81. The number of nitrogens with zero attached hydrogens (tertiary/aromatic N) is 1. The standard InChI is InChI=1S/C18H18N2O4/c1-2-12-9-11(10-16(21)19-12)17(22)20-8-7-14(18(23)24)13-5-3-4-6-15(13)20/h3-6,9-10,14H,2,7-8H2,1H3,(H,19,21)(H,23,24). The SMILES string of the molecule is CCc1cc(C(=O)N2CCC(C(=O)O)c3ccccc32)cc(=O)[nH]1. The van der Waals surface area contributed by atoms with Crippen molar-refractivity contribution in [3.05, 3.63) is 63.6 Å². The number of hydrogen-bond acceptors (Lipinski definition) is 3. The molecule has 24 heavy (non-hydrogen) atoms. The lowest BCUT2D eigenvalue weighted by molar-refractivity contribution is -0.139. The largest absolute Gasteiger partial charge is 0.481 e. The molecular weight excluding hydrogens is 308 g/mol. The van der Waals surface area contributed by atoms with E-state index in [1.165, 1.54) is 6.07 Å². The average molecular weight is 326 g/mol. The summed E-state index contributed by atoms with van der Waals surface area (Å²) in [5.41, 5.74) is 1.93. The van der Waals surface area contributed by atoms with Crippen LogP contribution >= 0.6 is 0 Å². The van der Waals surface area contributed by atoms with E-state index in [0.29, 0.717) is 41.9 Å². The number of benzene rings is 1. The number of carboxylic acids is 1. The number of aromatic amines is 1. The summed E-state index contributed by atoms with van der Waals surface area (Å²) in [5, 5.41) is 9.38. The molecule has 2 N–H and O–H groups in total. The molecule has 1 amide bonds. The molecule has 2 aromatic rings. The Kier molecular flexibility index (Phi) is 4.20. The van der Waals surface area contributed by atoms with Gasteiger partial charge in [0, 0.05) is 29.6 Å². The molecule has 1 aliphatic rings. The van der Waals surface area contributed by atoms with Crippen LogP contribution in [-0.4, -0.2) is 28.5 Å². The number of amides is 1. The first-order valence-corrected chi connectivity index (χ1v) is 7.88. The Labute approximate surface area is 138 Å². The average Bonchev–Trinajstić information content (AvgIpc) is 2.59. The summed E-state index contributed by atoms with van der Waals surface area (Å²) in [6, 6.07) is 9.99. The van der Waals surface area contributed by atoms with Crippen molar-refractivity contribution in [2.75, 3.05) is 11.4 Å². The van der Waals surface area contributed by atoms with E-state index in [4.69, 9.17) is 0 Å². The van der Waals surface area contributed by atoms with Crippen LogP contribution in [-0.2, 0) is 11.2 Å². The molecule has 1 unspecified atom stereocenters. The number of H-pyrrole nitrogens is 1. The van der Waals surface area contributed by atoms with Gasteiger partial charge in [-0.25, -0.2) is 0 Å². The Bertz CT molecular complexity index is 856. The van der Waals surface area contributed by atoms with Crippen LogP contribution in [0.15, 0.2) is 41.2 Å². The van der Waals surface area contributed by atoms with Gasteiger partial charge in [-0.3, -0.25) is 14.4 Å². The third-order valence-corrected chi connectivity index (χ3v) is 4.32. The number of fused-ring (bicyclic) bond motifs is 1. The zero-order chi connectivity index (χ0) is 17.3. The summed E-state index contributed by atoms with van der Waals surface area (Å²) in [4.78, 5) is 40.3. The Morgan fingerprint density at radius 2 is 2.04 bits per heavy atom. The minimum absolute atomic E-state index is 0.285. The number of pyridine rings is 1. The molecular formula is C18H18N2O4. The molecule has 0 saturated carbocycles. The number of aromatic nitrogens is 1. The summed E-state index contributed by atoms with van der Waals surface area (Å²) >= 11 is 0. The van der Waals surface area contributed by atoms with Gasteiger partial charge in [-0.1, -0.05) is 25.1 Å². The third kappa shape index (κ3) is 2.82. The Hall–Kier alpha value is -2.89. The van der Waals surface area contributed by atoms with Crippen LogP contribution in [0.2, 0.25) is 0 Å². The van der Waals surface area contributed by atoms with Crippen LogP contribution in [0.4, 0.5) is 5.69 Å². The van der Waals surface area contributed by atoms with Gasteiger partial charge < -0.3 is 15.0 Å². The molecule has 0 bridgehead atoms. The first-order chi connectivity index (χ1) is 11.5. The predicted octanol–water partition coefficient (Wildman–Crippen LogP) is 2.16. The second kappa shape index (κ2) is 6.31. The number of aliphatic carboxylic acids is 1. The highest BCUT2D eigenvalue weighted by atomic mass is 16.4.